The van der Waals surface area contributed by atoms with Crippen LogP contribution in [0.15, 0.2) is 40.9 Å². The van der Waals surface area contributed by atoms with Gasteiger partial charge in [-0.15, -0.1) is 0 Å². The third-order valence-electron chi connectivity index (χ3n) is 4.02. The highest BCUT2D eigenvalue weighted by molar-refractivity contribution is 6.01. The summed E-state index contributed by atoms with van der Waals surface area (Å²) in [6.07, 6.45) is 0. The van der Waals surface area contributed by atoms with E-state index in [1.54, 1.807) is 6.07 Å². The quantitative estimate of drug-likeness (QED) is 0.495. The average Bonchev–Trinajstić information content (AvgIpc) is 3.00. The molecule has 0 saturated heterocycles. The summed E-state index contributed by atoms with van der Waals surface area (Å²) in [5.41, 5.74) is 2.27. The molecule has 1 aromatic heterocycles. The first-order valence-electron chi connectivity index (χ1n) is 8.57. The molecule has 2 aromatic carbocycles. The normalized spacial score (nSPS) is 11.4. The maximum absolute atomic E-state index is 11.7. The van der Waals surface area contributed by atoms with Gasteiger partial charge in [0, 0.05) is 25.0 Å². The molecular weight excluding hydrogens is 346 g/mol. The Labute approximate surface area is 157 Å². The van der Waals surface area contributed by atoms with Crippen molar-refractivity contribution < 1.29 is 23.6 Å². The molecule has 0 N–H and O–H groups in total. The van der Waals surface area contributed by atoms with E-state index in [-0.39, 0.29) is 16.9 Å². The molecular formula is C21H21NO5. The van der Waals surface area contributed by atoms with Gasteiger partial charge in [-0.1, -0.05) is 56.3 Å². The van der Waals surface area contributed by atoms with E-state index in [0.717, 1.165) is 11.1 Å². The minimum atomic E-state index is -0.534. The van der Waals surface area contributed by atoms with E-state index in [2.05, 4.69) is 5.16 Å². The van der Waals surface area contributed by atoms with Crippen molar-refractivity contribution in [1.29, 1.82) is 0 Å². The molecule has 0 atom stereocenters. The highest BCUT2D eigenvalue weighted by atomic mass is 16.6. The van der Waals surface area contributed by atoms with Gasteiger partial charge in [-0.05, 0) is 11.5 Å². The fraction of sp³-hybridized carbons (Fsp3) is 0.286. The number of aromatic nitrogens is 1. The van der Waals surface area contributed by atoms with Gasteiger partial charge in [0.2, 0.25) is 0 Å². The zero-order valence-electron chi connectivity index (χ0n) is 16.0. The highest BCUT2D eigenvalue weighted by Gasteiger charge is 2.29. The summed E-state index contributed by atoms with van der Waals surface area (Å²) < 4.78 is 16.5. The van der Waals surface area contributed by atoms with Crippen molar-refractivity contribution in [3.05, 3.63) is 42.0 Å². The van der Waals surface area contributed by atoms with E-state index >= 15 is 0 Å². The molecule has 6 heteroatoms. The molecule has 3 aromatic rings. The standard InChI is InChI=1S/C21H21NO5/c1-12(23)25-16-11-15(21(3,4)5)19-17(20(16)26-13(2)24)18(22-27-19)14-9-7-6-8-10-14/h6-11H,1-5H3. The van der Waals surface area contributed by atoms with Crippen LogP contribution >= 0.6 is 0 Å². The van der Waals surface area contributed by atoms with Crippen molar-refractivity contribution in [3.63, 3.8) is 0 Å². The lowest BCUT2D eigenvalue weighted by Crippen LogP contribution is -2.14. The molecule has 0 fully saturated rings. The number of esters is 2. The predicted octanol–water partition coefficient (Wildman–Crippen LogP) is 4.64. The zero-order valence-corrected chi connectivity index (χ0v) is 16.0. The Morgan fingerprint density at radius 1 is 1.00 bits per heavy atom. The van der Waals surface area contributed by atoms with Crippen LogP contribution in [0.3, 0.4) is 0 Å². The average molecular weight is 367 g/mol. The van der Waals surface area contributed by atoms with E-state index in [0.29, 0.717) is 16.7 Å². The number of hydrogen-bond acceptors (Lipinski definition) is 6. The van der Waals surface area contributed by atoms with Crippen LogP contribution in [0, 0.1) is 0 Å². The molecule has 0 aliphatic rings. The minimum absolute atomic E-state index is 0.126. The number of carbonyl (C=O) groups is 2. The number of nitrogens with zero attached hydrogens (tertiary/aromatic N) is 1. The zero-order chi connectivity index (χ0) is 19.8. The Balaban J connectivity index is 2.43. The summed E-state index contributed by atoms with van der Waals surface area (Å²) in [7, 11) is 0. The number of carbonyl (C=O) groups excluding carboxylic acids is 2. The SMILES string of the molecule is CC(=O)Oc1cc(C(C)(C)C)c2onc(-c3ccccc3)c2c1OC(C)=O. The monoisotopic (exact) mass is 367 g/mol. The Bertz CT molecular complexity index is 1010. The molecule has 0 spiro atoms. The van der Waals surface area contributed by atoms with E-state index in [9.17, 15) is 9.59 Å². The lowest BCUT2D eigenvalue weighted by atomic mass is 9.85. The molecule has 0 amide bonds. The van der Waals surface area contributed by atoms with Crippen molar-refractivity contribution in [1.82, 2.24) is 5.16 Å². The van der Waals surface area contributed by atoms with Gasteiger partial charge in [0.1, 0.15) is 5.69 Å². The third-order valence-corrected chi connectivity index (χ3v) is 4.02. The molecule has 0 radical (unpaired) electrons. The molecule has 27 heavy (non-hydrogen) atoms. The van der Waals surface area contributed by atoms with Gasteiger partial charge in [0.25, 0.3) is 0 Å². The number of ether oxygens (including phenoxy) is 2. The van der Waals surface area contributed by atoms with Crippen LogP contribution in [0.2, 0.25) is 0 Å². The van der Waals surface area contributed by atoms with Crippen LogP contribution < -0.4 is 9.47 Å². The number of hydrogen-bond donors (Lipinski definition) is 0. The van der Waals surface area contributed by atoms with E-state index in [1.807, 2.05) is 51.1 Å². The van der Waals surface area contributed by atoms with E-state index < -0.39 is 11.9 Å². The first-order chi connectivity index (χ1) is 12.7. The maximum atomic E-state index is 11.7. The summed E-state index contributed by atoms with van der Waals surface area (Å²) in [6, 6.07) is 11.1. The summed E-state index contributed by atoms with van der Waals surface area (Å²) in [4.78, 5) is 23.4. The maximum Gasteiger partial charge on any atom is 0.308 e. The predicted molar refractivity (Wildman–Crippen MR) is 101 cm³/mol. The van der Waals surface area contributed by atoms with Crippen LogP contribution in [0.4, 0.5) is 0 Å². The van der Waals surface area contributed by atoms with Gasteiger partial charge < -0.3 is 14.0 Å². The van der Waals surface area contributed by atoms with Gasteiger partial charge in [-0.25, -0.2) is 0 Å². The Morgan fingerprint density at radius 2 is 1.63 bits per heavy atom. The van der Waals surface area contributed by atoms with Crippen molar-refractivity contribution in [2.24, 2.45) is 0 Å². The molecule has 1 heterocycles. The third kappa shape index (κ3) is 3.69. The van der Waals surface area contributed by atoms with Gasteiger partial charge in [-0.3, -0.25) is 9.59 Å². The molecule has 0 unspecified atom stereocenters. The fourth-order valence-corrected chi connectivity index (χ4v) is 2.90. The molecule has 140 valence electrons. The highest BCUT2D eigenvalue weighted by Crippen LogP contribution is 2.46. The Morgan fingerprint density at radius 3 is 2.19 bits per heavy atom. The molecule has 0 saturated carbocycles. The van der Waals surface area contributed by atoms with Gasteiger partial charge >= 0.3 is 11.9 Å². The van der Waals surface area contributed by atoms with Gasteiger partial charge in [0.05, 0.1) is 5.39 Å². The number of benzene rings is 2. The second-order valence-corrected chi connectivity index (χ2v) is 7.29. The Kier molecular flexibility index (Phi) is 4.74. The van der Waals surface area contributed by atoms with Crippen LogP contribution in [0.1, 0.15) is 40.2 Å². The molecule has 0 aliphatic heterocycles. The van der Waals surface area contributed by atoms with Gasteiger partial charge in [0.15, 0.2) is 17.1 Å². The minimum Gasteiger partial charge on any atom is -0.423 e. The Hall–Kier alpha value is -3.15. The van der Waals surface area contributed by atoms with Crippen LogP contribution in [0.5, 0.6) is 11.5 Å². The van der Waals surface area contributed by atoms with Crippen molar-refractivity contribution in [2.45, 2.75) is 40.0 Å². The van der Waals surface area contributed by atoms with Crippen molar-refractivity contribution in [3.8, 4) is 22.8 Å². The molecule has 0 aliphatic carbocycles. The largest absolute Gasteiger partial charge is 0.423 e. The van der Waals surface area contributed by atoms with Crippen LogP contribution in [-0.4, -0.2) is 17.1 Å². The second kappa shape index (κ2) is 6.87. The van der Waals surface area contributed by atoms with E-state index in [1.165, 1.54) is 13.8 Å². The first-order valence-corrected chi connectivity index (χ1v) is 8.57. The molecule has 6 nitrogen and oxygen atoms in total. The smallest absolute Gasteiger partial charge is 0.308 e. The topological polar surface area (TPSA) is 78.6 Å². The van der Waals surface area contributed by atoms with Crippen molar-refractivity contribution in [2.75, 3.05) is 0 Å². The number of fused-ring (bicyclic) bond motifs is 1. The summed E-state index contributed by atoms with van der Waals surface area (Å²) in [5, 5.41) is 4.72. The summed E-state index contributed by atoms with van der Waals surface area (Å²) >= 11 is 0. The van der Waals surface area contributed by atoms with Crippen LogP contribution in [-0.2, 0) is 15.0 Å². The van der Waals surface area contributed by atoms with E-state index in [4.69, 9.17) is 14.0 Å². The summed E-state index contributed by atoms with van der Waals surface area (Å²) in [6.45, 7) is 8.61. The summed E-state index contributed by atoms with van der Waals surface area (Å²) in [5.74, 6) is -0.759. The van der Waals surface area contributed by atoms with Crippen molar-refractivity contribution >= 4 is 22.9 Å². The lowest BCUT2D eigenvalue weighted by Gasteiger charge is -2.21. The second-order valence-electron chi connectivity index (χ2n) is 7.29. The first kappa shape index (κ1) is 18.6. The number of rotatable bonds is 3. The molecule has 0 bridgehead atoms. The fourth-order valence-electron chi connectivity index (χ4n) is 2.90. The lowest BCUT2D eigenvalue weighted by molar-refractivity contribution is -0.134. The molecule has 3 rings (SSSR count). The van der Waals surface area contributed by atoms with Crippen LogP contribution in [0.25, 0.3) is 22.2 Å². The van der Waals surface area contributed by atoms with Gasteiger partial charge in [-0.2, -0.15) is 0 Å².